The van der Waals surface area contributed by atoms with Crippen molar-refractivity contribution in [2.24, 2.45) is 0 Å². The molecular formula is C16H22Br2O3. The molecule has 0 aromatic heterocycles. The van der Waals surface area contributed by atoms with E-state index in [2.05, 4.69) is 31.9 Å². The number of alkyl halides is 1. The van der Waals surface area contributed by atoms with Crippen LogP contribution in [0.5, 0.6) is 11.5 Å². The molecule has 3 nitrogen and oxygen atoms in total. The Morgan fingerprint density at radius 3 is 2.62 bits per heavy atom. The Balaban J connectivity index is 2.04. The molecule has 1 aromatic rings. The summed E-state index contributed by atoms with van der Waals surface area (Å²) in [5, 5.41) is 0. The van der Waals surface area contributed by atoms with Gasteiger partial charge in [0.1, 0.15) is 11.5 Å². The van der Waals surface area contributed by atoms with E-state index in [1.807, 2.05) is 12.1 Å². The van der Waals surface area contributed by atoms with Gasteiger partial charge in [-0.15, -0.1) is 0 Å². The summed E-state index contributed by atoms with van der Waals surface area (Å²) in [6.07, 6.45) is 6.16. The molecule has 5 heteroatoms. The minimum atomic E-state index is 0.236. The molecule has 2 atom stereocenters. The summed E-state index contributed by atoms with van der Waals surface area (Å²) in [7, 11) is 3.37. The monoisotopic (exact) mass is 420 g/mol. The van der Waals surface area contributed by atoms with Gasteiger partial charge in [0.2, 0.25) is 0 Å². The van der Waals surface area contributed by atoms with Crippen molar-refractivity contribution >= 4 is 31.9 Å². The molecule has 21 heavy (non-hydrogen) atoms. The van der Waals surface area contributed by atoms with E-state index < -0.39 is 0 Å². The SMILES string of the molecule is COc1cc(C(Br)CCC2CCCCO2)c(OC)cc1Br. The van der Waals surface area contributed by atoms with Gasteiger partial charge >= 0.3 is 0 Å². The van der Waals surface area contributed by atoms with Gasteiger partial charge in [-0.05, 0) is 60.2 Å². The van der Waals surface area contributed by atoms with E-state index in [1.54, 1.807) is 14.2 Å². The van der Waals surface area contributed by atoms with Crippen LogP contribution in [0.15, 0.2) is 16.6 Å². The van der Waals surface area contributed by atoms with Crippen molar-refractivity contribution in [3.05, 3.63) is 22.2 Å². The minimum absolute atomic E-state index is 0.236. The second kappa shape index (κ2) is 8.39. The van der Waals surface area contributed by atoms with Gasteiger partial charge in [-0.2, -0.15) is 0 Å². The molecule has 0 spiro atoms. The van der Waals surface area contributed by atoms with E-state index in [4.69, 9.17) is 14.2 Å². The number of hydrogen-bond acceptors (Lipinski definition) is 3. The van der Waals surface area contributed by atoms with Crippen molar-refractivity contribution in [2.45, 2.75) is 43.0 Å². The molecule has 1 heterocycles. The van der Waals surface area contributed by atoms with Crippen LogP contribution < -0.4 is 9.47 Å². The second-order valence-electron chi connectivity index (χ2n) is 5.26. The first-order valence-corrected chi connectivity index (χ1v) is 9.03. The molecule has 0 saturated carbocycles. The zero-order valence-corrected chi connectivity index (χ0v) is 15.7. The lowest BCUT2D eigenvalue weighted by Gasteiger charge is -2.24. The summed E-state index contributed by atoms with van der Waals surface area (Å²) in [5.41, 5.74) is 1.12. The summed E-state index contributed by atoms with van der Waals surface area (Å²) in [6, 6.07) is 3.99. The molecule has 0 N–H and O–H groups in total. The quantitative estimate of drug-likeness (QED) is 0.587. The lowest BCUT2D eigenvalue weighted by molar-refractivity contribution is 0.0101. The maximum absolute atomic E-state index is 5.80. The minimum Gasteiger partial charge on any atom is -0.496 e. The highest BCUT2D eigenvalue weighted by Gasteiger charge is 2.20. The third-order valence-electron chi connectivity index (χ3n) is 3.86. The number of ether oxygens (including phenoxy) is 3. The molecule has 2 rings (SSSR count). The predicted molar refractivity (Wildman–Crippen MR) is 91.7 cm³/mol. The molecule has 118 valence electrons. The van der Waals surface area contributed by atoms with Crippen LogP contribution in [0, 0.1) is 0 Å². The maximum atomic E-state index is 5.80. The molecule has 2 unspecified atom stereocenters. The topological polar surface area (TPSA) is 27.7 Å². The first kappa shape index (κ1) is 17.1. The molecule has 1 aliphatic rings. The molecule has 1 fully saturated rings. The van der Waals surface area contributed by atoms with Gasteiger partial charge < -0.3 is 14.2 Å². The molecular weight excluding hydrogens is 400 g/mol. The van der Waals surface area contributed by atoms with Crippen molar-refractivity contribution in [3.63, 3.8) is 0 Å². The van der Waals surface area contributed by atoms with E-state index in [0.717, 1.165) is 41.0 Å². The fourth-order valence-electron chi connectivity index (χ4n) is 2.65. The summed E-state index contributed by atoms with van der Waals surface area (Å²) in [4.78, 5) is 0.236. The second-order valence-corrected chi connectivity index (χ2v) is 7.22. The third kappa shape index (κ3) is 4.60. The van der Waals surface area contributed by atoms with Gasteiger partial charge in [0.15, 0.2) is 0 Å². The van der Waals surface area contributed by atoms with Gasteiger partial charge in [-0.25, -0.2) is 0 Å². The van der Waals surface area contributed by atoms with Crippen molar-refractivity contribution < 1.29 is 14.2 Å². The van der Waals surface area contributed by atoms with Gasteiger partial charge in [-0.1, -0.05) is 15.9 Å². The fraction of sp³-hybridized carbons (Fsp3) is 0.625. The van der Waals surface area contributed by atoms with Crippen molar-refractivity contribution in [1.29, 1.82) is 0 Å². The zero-order valence-electron chi connectivity index (χ0n) is 12.5. The van der Waals surface area contributed by atoms with Crippen LogP contribution in [0.3, 0.4) is 0 Å². The molecule has 0 amide bonds. The predicted octanol–water partition coefficient (Wildman–Crippen LogP) is 5.25. The highest BCUT2D eigenvalue weighted by molar-refractivity contribution is 9.10. The number of benzene rings is 1. The van der Waals surface area contributed by atoms with Crippen LogP contribution in [-0.2, 0) is 4.74 Å². The lowest BCUT2D eigenvalue weighted by Crippen LogP contribution is -2.19. The molecule has 0 bridgehead atoms. The molecule has 1 aliphatic heterocycles. The molecule has 0 radical (unpaired) electrons. The smallest absolute Gasteiger partial charge is 0.133 e. The van der Waals surface area contributed by atoms with Gasteiger partial charge in [-0.3, -0.25) is 0 Å². The molecule has 1 saturated heterocycles. The summed E-state index contributed by atoms with van der Waals surface area (Å²) in [6.45, 7) is 0.910. The van der Waals surface area contributed by atoms with E-state index in [0.29, 0.717) is 6.10 Å². The van der Waals surface area contributed by atoms with Crippen LogP contribution >= 0.6 is 31.9 Å². The Morgan fingerprint density at radius 2 is 2.00 bits per heavy atom. The standard InChI is InChI=1S/C16H22Br2O3/c1-19-15-10-14(18)16(20-2)9-12(15)13(17)7-6-11-5-3-4-8-21-11/h9-11,13H,3-8H2,1-2H3. The fourth-order valence-corrected chi connectivity index (χ4v) is 3.76. The Hall–Kier alpha value is -0.260. The summed E-state index contributed by atoms with van der Waals surface area (Å²) >= 11 is 7.28. The lowest BCUT2D eigenvalue weighted by atomic mass is 10.0. The van der Waals surface area contributed by atoms with Crippen molar-refractivity contribution in [2.75, 3.05) is 20.8 Å². The van der Waals surface area contributed by atoms with E-state index in [9.17, 15) is 0 Å². The van der Waals surface area contributed by atoms with E-state index in [1.165, 1.54) is 19.3 Å². The van der Waals surface area contributed by atoms with Crippen LogP contribution in [0.25, 0.3) is 0 Å². The van der Waals surface area contributed by atoms with Crippen LogP contribution in [-0.4, -0.2) is 26.9 Å². The van der Waals surface area contributed by atoms with Gasteiger partial charge in [0.25, 0.3) is 0 Å². The van der Waals surface area contributed by atoms with Crippen LogP contribution in [0.1, 0.15) is 42.5 Å². The number of rotatable bonds is 6. The number of methoxy groups -OCH3 is 2. The normalized spacial score (nSPS) is 20.1. The highest BCUT2D eigenvalue weighted by atomic mass is 79.9. The first-order valence-electron chi connectivity index (χ1n) is 7.32. The Kier molecular flexibility index (Phi) is 6.83. The van der Waals surface area contributed by atoms with Gasteiger partial charge in [0, 0.05) is 17.0 Å². The average Bonchev–Trinajstić information content (AvgIpc) is 2.53. The molecule has 1 aromatic carbocycles. The van der Waals surface area contributed by atoms with Crippen molar-refractivity contribution in [3.8, 4) is 11.5 Å². The number of hydrogen-bond donors (Lipinski definition) is 0. The first-order chi connectivity index (χ1) is 10.2. The molecule has 0 aliphatic carbocycles. The Bertz CT molecular complexity index is 459. The Labute approximate surface area is 143 Å². The van der Waals surface area contributed by atoms with E-state index >= 15 is 0 Å². The average molecular weight is 422 g/mol. The largest absolute Gasteiger partial charge is 0.496 e. The highest BCUT2D eigenvalue weighted by Crippen LogP contribution is 2.41. The number of halogens is 2. The summed E-state index contributed by atoms with van der Waals surface area (Å²) < 4.78 is 17.6. The maximum Gasteiger partial charge on any atom is 0.133 e. The summed E-state index contributed by atoms with van der Waals surface area (Å²) in [5.74, 6) is 1.69. The van der Waals surface area contributed by atoms with E-state index in [-0.39, 0.29) is 4.83 Å². The Morgan fingerprint density at radius 1 is 1.24 bits per heavy atom. The van der Waals surface area contributed by atoms with Crippen LogP contribution in [0.4, 0.5) is 0 Å². The van der Waals surface area contributed by atoms with Crippen LogP contribution in [0.2, 0.25) is 0 Å². The van der Waals surface area contributed by atoms with Crippen molar-refractivity contribution in [1.82, 2.24) is 0 Å². The third-order valence-corrected chi connectivity index (χ3v) is 5.43. The van der Waals surface area contributed by atoms with Gasteiger partial charge in [0.05, 0.1) is 24.8 Å². The zero-order chi connectivity index (χ0) is 15.2.